The number of hydrogen-bond donors (Lipinski definition) is 1. The van der Waals surface area contributed by atoms with Gasteiger partial charge in [0.05, 0.1) is 30.8 Å². The zero-order chi connectivity index (χ0) is 13.9. The second-order valence-electron chi connectivity index (χ2n) is 3.99. The van der Waals surface area contributed by atoms with E-state index < -0.39 is 15.8 Å². The molecule has 1 N–H and O–H groups in total. The average molecular weight is 354 g/mol. The second-order valence-corrected chi connectivity index (χ2v) is 6.58. The Morgan fingerprint density at radius 3 is 2.84 bits per heavy atom. The monoisotopic (exact) mass is 353 g/mol. The van der Waals surface area contributed by atoms with Gasteiger partial charge >= 0.3 is 0 Å². The summed E-state index contributed by atoms with van der Waals surface area (Å²) in [6.07, 6.45) is -0.303. The highest BCUT2D eigenvalue weighted by Gasteiger charge is 2.21. The van der Waals surface area contributed by atoms with Crippen LogP contribution in [0.3, 0.4) is 0 Å². The number of nitrogens with one attached hydrogen (secondary N) is 1. The van der Waals surface area contributed by atoms with Crippen LogP contribution in [0.1, 0.15) is 0 Å². The predicted molar refractivity (Wildman–Crippen MR) is 69.8 cm³/mol. The molecule has 0 spiro atoms. The first-order chi connectivity index (χ1) is 8.99. The van der Waals surface area contributed by atoms with E-state index in [9.17, 15) is 12.8 Å². The summed E-state index contributed by atoms with van der Waals surface area (Å²) in [6.45, 7) is 1.44. The van der Waals surface area contributed by atoms with E-state index >= 15 is 0 Å². The molecule has 106 valence electrons. The quantitative estimate of drug-likeness (QED) is 0.885. The number of rotatable bonds is 4. The summed E-state index contributed by atoms with van der Waals surface area (Å²) in [4.78, 5) is -0.00868. The van der Waals surface area contributed by atoms with Gasteiger partial charge in [-0.3, -0.25) is 0 Å². The van der Waals surface area contributed by atoms with Gasteiger partial charge in [-0.2, -0.15) is 0 Å². The van der Waals surface area contributed by atoms with Crippen LogP contribution in [-0.4, -0.2) is 40.9 Å². The molecule has 19 heavy (non-hydrogen) atoms. The minimum Gasteiger partial charge on any atom is -0.376 e. The van der Waals surface area contributed by atoms with Crippen molar-refractivity contribution in [2.24, 2.45) is 0 Å². The van der Waals surface area contributed by atoms with E-state index in [4.69, 9.17) is 9.47 Å². The number of ether oxygens (including phenoxy) is 2. The number of halogens is 2. The van der Waals surface area contributed by atoms with Crippen molar-refractivity contribution in [3.63, 3.8) is 0 Å². The Morgan fingerprint density at radius 2 is 2.21 bits per heavy atom. The van der Waals surface area contributed by atoms with Crippen LogP contribution in [0.4, 0.5) is 4.39 Å². The molecule has 8 heteroatoms. The largest absolute Gasteiger partial charge is 0.376 e. The van der Waals surface area contributed by atoms with Crippen LogP contribution < -0.4 is 4.72 Å². The first-order valence-electron chi connectivity index (χ1n) is 5.63. The molecule has 1 fully saturated rings. The van der Waals surface area contributed by atoms with Gasteiger partial charge in [-0.1, -0.05) is 0 Å². The molecule has 1 saturated heterocycles. The van der Waals surface area contributed by atoms with Gasteiger partial charge in [-0.05, 0) is 34.1 Å². The van der Waals surface area contributed by atoms with Crippen molar-refractivity contribution in [2.45, 2.75) is 11.0 Å². The lowest BCUT2D eigenvalue weighted by Gasteiger charge is -2.23. The van der Waals surface area contributed by atoms with E-state index in [0.29, 0.717) is 19.8 Å². The molecule has 0 bridgehead atoms. The average Bonchev–Trinajstić information content (AvgIpc) is 2.37. The molecule has 1 atom stereocenters. The molecule has 1 aromatic rings. The van der Waals surface area contributed by atoms with Gasteiger partial charge in [0.2, 0.25) is 10.0 Å². The van der Waals surface area contributed by atoms with Crippen LogP contribution in [0.25, 0.3) is 0 Å². The molecule has 0 amide bonds. The van der Waals surface area contributed by atoms with E-state index in [2.05, 4.69) is 20.7 Å². The summed E-state index contributed by atoms with van der Waals surface area (Å²) in [6, 6.07) is 3.41. The van der Waals surface area contributed by atoms with Gasteiger partial charge in [0.1, 0.15) is 5.82 Å². The third kappa shape index (κ3) is 3.96. The zero-order valence-corrected chi connectivity index (χ0v) is 12.3. The summed E-state index contributed by atoms with van der Waals surface area (Å²) in [5, 5.41) is 0. The Balaban J connectivity index is 2.05. The molecule has 0 aromatic heterocycles. The minimum absolute atomic E-state index is 0.00868. The Bertz CT molecular complexity index is 546. The highest BCUT2D eigenvalue weighted by atomic mass is 79.9. The summed E-state index contributed by atoms with van der Waals surface area (Å²) in [7, 11) is -3.71. The lowest BCUT2D eigenvalue weighted by molar-refractivity contribution is -0.0846. The zero-order valence-electron chi connectivity index (χ0n) is 9.93. The molecule has 5 nitrogen and oxygen atoms in total. The smallest absolute Gasteiger partial charge is 0.241 e. The summed E-state index contributed by atoms with van der Waals surface area (Å²) >= 11 is 3.03. The van der Waals surface area contributed by atoms with Crippen molar-refractivity contribution >= 4 is 26.0 Å². The summed E-state index contributed by atoms with van der Waals surface area (Å²) in [5.41, 5.74) is 0. The van der Waals surface area contributed by atoms with Gasteiger partial charge < -0.3 is 9.47 Å². The molecule has 1 aliphatic heterocycles. The summed E-state index contributed by atoms with van der Waals surface area (Å²) in [5.74, 6) is -0.505. The third-order valence-electron chi connectivity index (χ3n) is 2.57. The maximum absolute atomic E-state index is 12.9. The van der Waals surface area contributed by atoms with Crippen LogP contribution in [0.5, 0.6) is 0 Å². The van der Waals surface area contributed by atoms with Gasteiger partial charge in [0.25, 0.3) is 0 Å². The van der Waals surface area contributed by atoms with Crippen molar-refractivity contribution in [2.75, 3.05) is 26.4 Å². The Labute approximate surface area is 119 Å². The summed E-state index contributed by atoms with van der Waals surface area (Å²) < 4.78 is 50.1. The maximum atomic E-state index is 12.9. The van der Waals surface area contributed by atoms with E-state index in [1.165, 1.54) is 6.07 Å². The second kappa shape index (κ2) is 6.27. The lowest BCUT2D eigenvalue weighted by Crippen LogP contribution is -2.39. The first-order valence-corrected chi connectivity index (χ1v) is 7.91. The number of sulfonamides is 1. The van der Waals surface area contributed by atoms with E-state index in [-0.39, 0.29) is 22.0 Å². The van der Waals surface area contributed by atoms with Gasteiger partial charge in [0.15, 0.2) is 0 Å². The number of hydrogen-bond acceptors (Lipinski definition) is 4. The molecule has 0 radical (unpaired) electrons. The third-order valence-corrected chi connectivity index (χ3v) is 4.97. The maximum Gasteiger partial charge on any atom is 0.241 e. The molecular weight excluding hydrogens is 341 g/mol. The van der Waals surface area contributed by atoms with Gasteiger partial charge in [0, 0.05) is 11.0 Å². The fourth-order valence-electron chi connectivity index (χ4n) is 1.63. The molecule has 1 aromatic carbocycles. The van der Waals surface area contributed by atoms with Crippen molar-refractivity contribution in [1.82, 2.24) is 4.72 Å². The van der Waals surface area contributed by atoms with Crippen LogP contribution in [-0.2, 0) is 19.5 Å². The predicted octanol–water partition coefficient (Wildman–Crippen LogP) is 1.28. The molecule has 0 saturated carbocycles. The van der Waals surface area contributed by atoms with Crippen LogP contribution in [0.15, 0.2) is 27.6 Å². The van der Waals surface area contributed by atoms with Crippen LogP contribution in [0.2, 0.25) is 0 Å². The molecule has 1 unspecified atom stereocenters. The molecular formula is C11H13BrFNO4S. The van der Waals surface area contributed by atoms with Gasteiger partial charge in [-0.25, -0.2) is 17.5 Å². The Hall–Kier alpha value is -0.540. The SMILES string of the molecule is O=S(=O)(NCC1COCCO1)c1ccc(F)cc1Br. The van der Waals surface area contributed by atoms with Crippen molar-refractivity contribution in [3.8, 4) is 0 Å². The van der Waals surface area contributed by atoms with Crippen molar-refractivity contribution in [3.05, 3.63) is 28.5 Å². The van der Waals surface area contributed by atoms with E-state index in [1.54, 1.807) is 0 Å². The van der Waals surface area contributed by atoms with E-state index in [1.807, 2.05) is 0 Å². The Kier molecular flexibility index (Phi) is 4.91. The molecule has 1 aliphatic rings. The minimum atomic E-state index is -3.71. The molecule has 0 aliphatic carbocycles. The van der Waals surface area contributed by atoms with Crippen molar-refractivity contribution in [1.29, 1.82) is 0 Å². The van der Waals surface area contributed by atoms with Crippen LogP contribution >= 0.6 is 15.9 Å². The number of benzene rings is 1. The first kappa shape index (κ1) is 14.9. The topological polar surface area (TPSA) is 64.6 Å². The fourth-order valence-corrected chi connectivity index (χ4v) is 3.74. The normalized spacial score (nSPS) is 20.4. The lowest BCUT2D eigenvalue weighted by atomic mass is 10.3. The highest BCUT2D eigenvalue weighted by molar-refractivity contribution is 9.10. The molecule has 2 rings (SSSR count). The van der Waals surface area contributed by atoms with Gasteiger partial charge in [-0.15, -0.1) is 0 Å². The van der Waals surface area contributed by atoms with Crippen LogP contribution in [0, 0.1) is 5.82 Å². The standard InChI is InChI=1S/C11H13BrFNO4S/c12-10-5-8(13)1-2-11(10)19(15,16)14-6-9-7-17-3-4-18-9/h1-2,5,9,14H,3-4,6-7H2. The molecule has 1 heterocycles. The Morgan fingerprint density at radius 1 is 1.42 bits per heavy atom. The highest BCUT2D eigenvalue weighted by Crippen LogP contribution is 2.22. The van der Waals surface area contributed by atoms with E-state index in [0.717, 1.165) is 12.1 Å². The van der Waals surface area contributed by atoms with Crippen molar-refractivity contribution < 1.29 is 22.3 Å². The fraction of sp³-hybridized carbons (Fsp3) is 0.455.